The standard InChI is InChI=1S/C22H21NO3/c1-22(2)13-26-19-12-15(10-11-18(19)20(22)23-21(24)25)17-9-5-7-14-6-3-4-8-16(14)17/h3-12,20,23H,13H2,1-2H3,(H,24,25). The first-order valence-electron chi connectivity index (χ1n) is 8.70. The zero-order valence-corrected chi connectivity index (χ0v) is 14.8. The van der Waals surface area contributed by atoms with E-state index in [4.69, 9.17) is 4.74 Å². The maximum absolute atomic E-state index is 11.2. The molecule has 4 rings (SSSR count). The summed E-state index contributed by atoms with van der Waals surface area (Å²) in [6, 6.07) is 20.3. The lowest BCUT2D eigenvalue weighted by molar-refractivity contribution is 0.0996. The molecule has 4 nitrogen and oxygen atoms in total. The molecule has 1 amide bonds. The minimum Gasteiger partial charge on any atom is -0.493 e. The van der Waals surface area contributed by atoms with Crippen LogP contribution in [0.15, 0.2) is 60.7 Å². The first-order chi connectivity index (χ1) is 12.5. The van der Waals surface area contributed by atoms with Crippen molar-refractivity contribution >= 4 is 16.9 Å². The van der Waals surface area contributed by atoms with Crippen molar-refractivity contribution in [2.75, 3.05) is 6.61 Å². The molecule has 132 valence electrons. The molecule has 0 bridgehead atoms. The van der Waals surface area contributed by atoms with Crippen molar-refractivity contribution in [3.63, 3.8) is 0 Å². The van der Waals surface area contributed by atoms with Crippen LogP contribution in [0.25, 0.3) is 21.9 Å². The van der Waals surface area contributed by atoms with E-state index in [1.54, 1.807) is 0 Å². The molecular weight excluding hydrogens is 326 g/mol. The van der Waals surface area contributed by atoms with Gasteiger partial charge < -0.3 is 15.2 Å². The van der Waals surface area contributed by atoms with Gasteiger partial charge in [0, 0.05) is 11.0 Å². The quantitative estimate of drug-likeness (QED) is 0.667. The first kappa shape index (κ1) is 16.5. The second-order valence-corrected chi connectivity index (χ2v) is 7.44. The van der Waals surface area contributed by atoms with Crippen LogP contribution in [0.1, 0.15) is 25.5 Å². The number of nitrogens with one attached hydrogen (secondary N) is 1. The van der Waals surface area contributed by atoms with Crippen molar-refractivity contribution in [2.24, 2.45) is 5.41 Å². The van der Waals surface area contributed by atoms with E-state index in [0.29, 0.717) is 6.61 Å². The summed E-state index contributed by atoms with van der Waals surface area (Å²) in [5, 5.41) is 14.3. The molecule has 0 aliphatic carbocycles. The molecule has 0 spiro atoms. The fourth-order valence-electron chi connectivity index (χ4n) is 3.71. The normalized spacial score (nSPS) is 18.0. The van der Waals surface area contributed by atoms with E-state index in [0.717, 1.165) is 22.4 Å². The lowest BCUT2D eigenvalue weighted by atomic mass is 9.78. The lowest BCUT2D eigenvalue weighted by Gasteiger charge is -2.39. The van der Waals surface area contributed by atoms with Gasteiger partial charge in [0.05, 0.1) is 12.6 Å². The molecule has 0 fully saturated rings. The van der Waals surface area contributed by atoms with Crippen LogP contribution in [0.2, 0.25) is 0 Å². The third-order valence-corrected chi connectivity index (χ3v) is 5.07. The van der Waals surface area contributed by atoms with Crippen molar-refractivity contribution in [3.05, 3.63) is 66.2 Å². The zero-order valence-electron chi connectivity index (χ0n) is 14.8. The van der Waals surface area contributed by atoms with Crippen LogP contribution in [-0.4, -0.2) is 17.8 Å². The van der Waals surface area contributed by atoms with E-state index in [2.05, 4.69) is 35.6 Å². The Kier molecular flexibility index (Phi) is 3.83. The van der Waals surface area contributed by atoms with E-state index < -0.39 is 6.09 Å². The fraction of sp³-hybridized carbons (Fsp3) is 0.227. The number of hydrogen-bond donors (Lipinski definition) is 2. The molecule has 0 radical (unpaired) electrons. The third kappa shape index (κ3) is 2.77. The van der Waals surface area contributed by atoms with Crippen molar-refractivity contribution < 1.29 is 14.6 Å². The van der Waals surface area contributed by atoms with Gasteiger partial charge in [0.1, 0.15) is 5.75 Å². The van der Waals surface area contributed by atoms with Gasteiger partial charge in [0.2, 0.25) is 0 Å². The molecule has 3 aromatic carbocycles. The van der Waals surface area contributed by atoms with E-state index in [1.165, 1.54) is 10.8 Å². The average molecular weight is 347 g/mol. The summed E-state index contributed by atoms with van der Waals surface area (Å²) in [7, 11) is 0. The molecule has 1 aliphatic rings. The number of benzene rings is 3. The number of hydrogen-bond acceptors (Lipinski definition) is 2. The van der Waals surface area contributed by atoms with Crippen LogP contribution >= 0.6 is 0 Å². The van der Waals surface area contributed by atoms with E-state index in [-0.39, 0.29) is 11.5 Å². The molecule has 1 atom stereocenters. The number of amides is 1. The number of carboxylic acid groups (broad SMARTS) is 1. The SMILES string of the molecule is CC1(C)COc2cc(-c3cccc4ccccc34)ccc2C1NC(=O)O. The van der Waals surface area contributed by atoms with Crippen LogP contribution in [0.5, 0.6) is 5.75 Å². The molecule has 0 saturated carbocycles. The topological polar surface area (TPSA) is 58.6 Å². The molecular formula is C22H21NO3. The Morgan fingerprint density at radius 3 is 2.69 bits per heavy atom. The highest BCUT2D eigenvalue weighted by Crippen LogP contribution is 2.44. The Balaban J connectivity index is 1.82. The van der Waals surface area contributed by atoms with Crippen LogP contribution in [0.4, 0.5) is 4.79 Å². The summed E-state index contributed by atoms with van der Waals surface area (Å²) in [5.41, 5.74) is 2.77. The smallest absolute Gasteiger partial charge is 0.405 e. The summed E-state index contributed by atoms with van der Waals surface area (Å²) in [6.45, 7) is 4.48. The van der Waals surface area contributed by atoms with Gasteiger partial charge in [-0.1, -0.05) is 68.4 Å². The van der Waals surface area contributed by atoms with Gasteiger partial charge in [0.15, 0.2) is 0 Å². The number of ether oxygens (including phenoxy) is 1. The fourth-order valence-corrected chi connectivity index (χ4v) is 3.71. The molecule has 1 heterocycles. The molecule has 4 heteroatoms. The second kappa shape index (κ2) is 6.06. The molecule has 1 unspecified atom stereocenters. The summed E-state index contributed by atoms with van der Waals surface area (Å²) in [5.74, 6) is 0.744. The number of fused-ring (bicyclic) bond motifs is 2. The predicted octanol–water partition coefficient (Wildman–Crippen LogP) is 5.23. The minimum absolute atomic E-state index is 0.301. The Bertz CT molecular complexity index is 988. The summed E-state index contributed by atoms with van der Waals surface area (Å²) >= 11 is 0. The maximum Gasteiger partial charge on any atom is 0.405 e. The third-order valence-electron chi connectivity index (χ3n) is 5.07. The van der Waals surface area contributed by atoms with Crippen molar-refractivity contribution in [1.29, 1.82) is 0 Å². The van der Waals surface area contributed by atoms with Gasteiger partial charge in [-0.3, -0.25) is 0 Å². The van der Waals surface area contributed by atoms with E-state index in [1.807, 2.05) is 44.2 Å². The molecule has 1 aliphatic heterocycles. The zero-order chi connectivity index (χ0) is 18.3. The summed E-state index contributed by atoms with van der Waals surface area (Å²) < 4.78 is 5.99. The molecule has 2 N–H and O–H groups in total. The van der Waals surface area contributed by atoms with Crippen LogP contribution < -0.4 is 10.1 Å². The second-order valence-electron chi connectivity index (χ2n) is 7.44. The highest BCUT2D eigenvalue weighted by molar-refractivity contribution is 5.96. The highest BCUT2D eigenvalue weighted by Gasteiger charge is 2.38. The van der Waals surface area contributed by atoms with Gasteiger partial charge in [-0.05, 0) is 28.0 Å². The van der Waals surface area contributed by atoms with Gasteiger partial charge in [-0.2, -0.15) is 0 Å². The average Bonchev–Trinajstić information content (AvgIpc) is 2.63. The predicted molar refractivity (Wildman–Crippen MR) is 103 cm³/mol. The first-order valence-corrected chi connectivity index (χ1v) is 8.70. The highest BCUT2D eigenvalue weighted by atomic mass is 16.5. The summed E-state index contributed by atoms with van der Waals surface area (Å²) in [4.78, 5) is 11.2. The number of carbonyl (C=O) groups is 1. The molecule has 26 heavy (non-hydrogen) atoms. The van der Waals surface area contributed by atoms with Crippen molar-refractivity contribution in [2.45, 2.75) is 19.9 Å². The van der Waals surface area contributed by atoms with Gasteiger partial charge in [-0.25, -0.2) is 4.79 Å². The molecule has 0 aromatic heterocycles. The van der Waals surface area contributed by atoms with Crippen LogP contribution in [0.3, 0.4) is 0 Å². The summed E-state index contributed by atoms with van der Waals surface area (Å²) in [6.07, 6.45) is -1.02. The molecule has 0 saturated heterocycles. The van der Waals surface area contributed by atoms with E-state index in [9.17, 15) is 9.90 Å². The Morgan fingerprint density at radius 2 is 1.88 bits per heavy atom. The van der Waals surface area contributed by atoms with Crippen LogP contribution in [0, 0.1) is 5.41 Å². The maximum atomic E-state index is 11.2. The van der Waals surface area contributed by atoms with Crippen LogP contribution in [-0.2, 0) is 0 Å². The number of rotatable bonds is 2. The van der Waals surface area contributed by atoms with Crippen molar-refractivity contribution in [3.8, 4) is 16.9 Å². The van der Waals surface area contributed by atoms with E-state index >= 15 is 0 Å². The van der Waals surface area contributed by atoms with Gasteiger partial charge >= 0.3 is 6.09 Å². The Hall–Kier alpha value is -3.01. The molecule has 3 aromatic rings. The Labute approximate surface area is 152 Å². The Morgan fingerprint density at radius 1 is 1.12 bits per heavy atom. The monoisotopic (exact) mass is 347 g/mol. The van der Waals surface area contributed by atoms with Crippen molar-refractivity contribution in [1.82, 2.24) is 5.32 Å². The minimum atomic E-state index is -1.02. The largest absolute Gasteiger partial charge is 0.493 e. The van der Waals surface area contributed by atoms with Gasteiger partial charge in [0.25, 0.3) is 0 Å². The lowest BCUT2D eigenvalue weighted by Crippen LogP contribution is -2.43. The van der Waals surface area contributed by atoms with Gasteiger partial charge in [-0.15, -0.1) is 0 Å².